The highest BCUT2D eigenvalue weighted by Crippen LogP contribution is 2.72. The molecule has 2 fully saturated rings. The number of amides is 4. The highest BCUT2D eigenvalue weighted by molar-refractivity contribution is 6.25. The quantitative estimate of drug-likeness (QED) is 0.0767. The first-order chi connectivity index (χ1) is 49.1. The van der Waals surface area contributed by atoms with Gasteiger partial charge in [0.25, 0.3) is 0 Å². The van der Waals surface area contributed by atoms with Crippen LogP contribution in [0.1, 0.15) is 91.7 Å². The van der Waals surface area contributed by atoms with Crippen molar-refractivity contribution in [2.24, 2.45) is 23.7 Å². The number of ether oxygens (including phenoxy) is 2. The minimum Gasteiger partial charge on any atom is -0.508 e. The molecule has 4 unspecified atom stereocenters. The van der Waals surface area contributed by atoms with Gasteiger partial charge in [-0.15, -0.1) is 0 Å². The summed E-state index contributed by atoms with van der Waals surface area (Å²) in [7, 11) is 0. The lowest BCUT2D eigenvalue weighted by molar-refractivity contribution is -0.124. The smallest absolute Gasteiger partial charge is 0.239 e. The summed E-state index contributed by atoms with van der Waals surface area (Å²) in [6.45, 7) is 4.30. The summed E-state index contributed by atoms with van der Waals surface area (Å²) in [4.78, 5) is 65.7. The van der Waals surface area contributed by atoms with Crippen LogP contribution in [0.4, 0.5) is 11.4 Å². The Morgan fingerprint density at radius 2 is 0.554 bits per heavy atom. The number of carbonyl (C=O) groups excluding carboxylic acids is 4. The predicted octanol–water partition coefficient (Wildman–Crippen LogP) is 16.4. The Labute approximate surface area is 583 Å². The Balaban J connectivity index is 0.586. The number of imide groups is 2. The molecule has 8 aliphatic rings. The van der Waals surface area contributed by atoms with Crippen molar-refractivity contribution in [3.63, 3.8) is 0 Å². The van der Waals surface area contributed by atoms with Gasteiger partial charge in [0.1, 0.15) is 46.0 Å². The molecule has 12 nitrogen and oxygen atoms in total. The first-order valence-corrected chi connectivity index (χ1v) is 34.1. The van der Waals surface area contributed by atoms with E-state index in [0.29, 0.717) is 47.2 Å². The fraction of sp³-hybridized carbons (Fsp3) is 0.146. The van der Waals surface area contributed by atoms with Crippen LogP contribution in [0.15, 0.2) is 291 Å². The van der Waals surface area contributed by atoms with E-state index in [9.17, 15) is 20.4 Å². The van der Waals surface area contributed by atoms with Gasteiger partial charge >= 0.3 is 0 Å². The molecule has 4 amide bonds. The molecule has 2 saturated heterocycles. The molecule has 2 aliphatic heterocycles. The first kappa shape index (κ1) is 61.1. The largest absolute Gasteiger partial charge is 0.508 e. The van der Waals surface area contributed by atoms with E-state index in [4.69, 9.17) is 9.47 Å². The third-order valence-electron chi connectivity index (χ3n) is 23.2. The molecule has 12 heteroatoms. The second-order valence-corrected chi connectivity index (χ2v) is 28.3. The van der Waals surface area contributed by atoms with E-state index < -0.39 is 50.7 Å². The average molecular weight is 1320 g/mol. The van der Waals surface area contributed by atoms with Crippen molar-refractivity contribution in [1.29, 1.82) is 0 Å². The SMILES string of the molecule is CC(C)(c1ccc(Oc2ccc(N3C(=O)C4C(C3=O)C3(c5ccc(O)cc5)c5ccccc5C4(Cc4ccc(O)cc4)c4ccccc43)cc2)cc1)c1ccc(Oc2ccc(N3C(=O)C4C(C3=O)C3(c5ccc(O)cc5)c5ccccc5C4(Cc4ccc(O)cc4)c4ccccc43)cc2)cc1. The summed E-state index contributed by atoms with van der Waals surface area (Å²) in [6.07, 6.45) is 0.795. The van der Waals surface area contributed by atoms with E-state index in [-0.39, 0.29) is 46.6 Å². The summed E-state index contributed by atoms with van der Waals surface area (Å²) in [5.41, 5.74) is 9.47. The molecule has 492 valence electrons. The molecular weight excluding hydrogens is 1260 g/mol. The number of benzene rings is 12. The minimum absolute atomic E-state index is 0.0950. The molecule has 6 aliphatic carbocycles. The van der Waals surface area contributed by atoms with Crippen molar-refractivity contribution < 1.29 is 49.1 Å². The second-order valence-electron chi connectivity index (χ2n) is 28.3. The van der Waals surface area contributed by atoms with Crippen LogP contribution < -0.4 is 19.3 Å². The molecule has 101 heavy (non-hydrogen) atoms. The summed E-state index contributed by atoms with van der Waals surface area (Å²) >= 11 is 0. The number of phenolic OH excluding ortho intramolecular Hbond substituents is 4. The Morgan fingerprint density at radius 3 is 0.842 bits per heavy atom. The molecule has 0 radical (unpaired) electrons. The predicted molar refractivity (Wildman–Crippen MR) is 384 cm³/mol. The van der Waals surface area contributed by atoms with Gasteiger partial charge in [-0.2, -0.15) is 0 Å². The van der Waals surface area contributed by atoms with Gasteiger partial charge in [-0.25, -0.2) is 9.80 Å². The zero-order valence-electron chi connectivity index (χ0n) is 55.1. The molecule has 12 aromatic carbocycles. The molecule has 0 aromatic heterocycles. The molecule has 4 bridgehead atoms. The van der Waals surface area contributed by atoms with Gasteiger partial charge in [0.2, 0.25) is 23.6 Å². The van der Waals surface area contributed by atoms with Gasteiger partial charge < -0.3 is 29.9 Å². The van der Waals surface area contributed by atoms with Crippen LogP contribution in [0, 0.1) is 23.7 Å². The Morgan fingerprint density at radius 1 is 0.307 bits per heavy atom. The van der Waals surface area contributed by atoms with Crippen LogP contribution in [0.2, 0.25) is 0 Å². The lowest BCUT2D eigenvalue weighted by Crippen LogP contribution is -2.62. The van der Waals surface area contributed by atoms with Crippen LogP contribution in [-0.4, -0.2) is 44.1 Å². The zero-order chi connectivity index (χ0) is 68.9. The van der Waals surface area contributed by atoms with Crippen molar-refractivity contribution in [1.82, 2.24) is 0 Å². The molecule has 2 heterocycles. The highest BCUT2D eigenvalue weighted by Gasteiger charge is 2.75. The number of aromatic hydroxyl groups is 4. The second kappa shape index (κ2) is 22.4. The van der Waals surface area contributed by atoms with Gasteiger partial charge in [-0.05, 0) is 212 Å². The van der Waals surface area contributed by atoms with Crippen LogP contribution in [-0.2, 0) is 59.1 Å². The molecule has 0 spiro atoms. The Kier molecular flexibility index (Phi) is 13.5. The zero-order valence-corrected chi connectivity index (χ0v) is 55.1. The van der Waals surface area contributed by atoms with Crippen LogP contribution in [0.3, 0.4) is 0 Å². The molecule has 0 saturated carbocycles. The van der Waals surface area contributed by atoms with Crippen molar-refractivity contribution in [2.75, 3.05) is 9.80 Å². The monoisotopic (exact) mass is 1320 g/mol. The van der Waals surface area contributed by atoms with Gasteiger partial charge in [-0.3, -0.25) is 19.2 Å². The lowest BCUT2D eigenvalue weighted by Gasteiger charge is -2.60. The van der Waals surface area contributed by atoms with E-state index >= 15 is 19.2 Å². The summed E-state index contributed by atoms with van der Waals surface area (Å²) in [5, 5.41) is 42.0. The maximum absolute atomic E-state index is 15.7. The average Bonchev–Trinajstić information content (AvgIpc) is 1.62. The van der Waals surface area contributed by atoms with Crippen molar-refractivity contribution in [3.05, 3.63) is 369 Å². The number of hydrogen-bond donors (Lipinski definition) is 4. The van der Waals surface area contributed by atoms with E-state index in [1.165, 1.54) is 9.80 Å². The van der Waals surface area contributed by atoms with Gasteiger partial charge in [0.15, 0.2) is 0 Å². The lowest BCUT2D eigenvalue weighted by atomic mass is 9.39. The number of rotatable bonds is 14. The first-order valence-electron chi connectivity index (χ1n) is 34.1. The number of phenols is 4. The number of carbonyl (C=O) groups is 4. The third kappa shape index (κ3) is 8.60. The molecule has 20 rings (SSSR count). The maximum atomic E-state index is 15.7. The normalized spacial score (nSPS) is 23.2. The van der Waals surface area contributed by atoms with Gasteiger partial charge in [-0.1, -0.05) is 184 Å². The number of hydrogen-bond acceptors (Lipinski definition) is 10. The Bertz CT molecular complexity index is 4930. The fourth-order valence-corrected chi connectivity index (χ4v) is 19.0. The van der Waals surface area contributed by atoms with Gasteiger partial charge in [0, 0.05) is 16.2 Å². The maximum Gasteiger partial charge on any atom is 0.239 e. The van der Waals surface area contributed by atoms with Gasteiger partial charge in [0.05, 0.1) is 45.9 Å². The topological polar surface area (TPSA) is 174 Å². The molecule has 4 atom stereocenters. The van der Waals surface area contributed by atoms with Crippen molar-refractivity contribution >= 4 is 35.0 Å². The van der Waals surface area contributed by atoms with Crippen molar-refractivity contribution in [3.8, 4) is 46.0 Å². The summed E-state index contributed by atoms with van der Waals surface area (Å²) < 4.78 is 12.9. The summed E-state index contributed by atoms with van der Waals surface area (Å²) in [6, 6.07) is 91.0. The van der Waals surface area contributed by atoms with Crippen LogP contribution in [0.5, 0.6) is 46.0 Å². The highest BCUT2D eigenvalue weighted by atomic mass is 16.5. The van der Waals surface area contributed by atoms with Crippen LogP contribution >= 0.6 is 0 Å². The summed E-state index contributed by atoms with van der Waals surface area (Å²) in [5.74, 6) is -1.88. The third-order valence-corrected chi connectivity index (χ3v) is 23.2. The van der Waals surface area contributed by atoms with E-state index in [2.05, 4.69) is 62.4 Å². The molecule has 4 N–H and O–H groups in total. The fourth-order valence-electron chi connectivity index (χ4n) is 19.0. The van der Waals surface area contributed by atoms with Crippen LogP contribution in [0.25, 0.3) is 0 Å². The molecule has 12 aromatic rings. The van der Waals surface area contributed by atoms with E-state index in [1.54, 1.807) is 97.1 Å². The number of anilines is 2. The number of nitrogens with zero attached hydrogens (tertiary/aromatic N) is 2. The minimum atomic E-state index is -1.08. The molecular formula is C89H66N2O10. The van der Waals surface area contributed by atoms with E-state index in [1.807, 2.05) is 146 Å². The van der Waals surface area contributed by atoms with Crippen molar-refractivity contribution in [2.45, 2.75) is 53.8 Å². The van der Waals surface area contributed by atoms with E-state index in [0.717, 1.165) is 77.9 Å². The standard InChI is InChI=1S/C89H66N2O10/c1-85(2,55-27-43-65(44-28-55)100-67-47-31-59(32-48-67)90-81(96)77-79(83(90)98)88(57-23-39-63(94)40-24-57)73-15-7-3-11-69(73)86(77,70-12-4-8-16-74(70)88)51-53-19-35-61(92)36-20-53)56-29-45-66(46-30-56)101-68-49-33-60(34-50-68)91-82(97)78-80(84(91)99)89(58-25-41-64(95)42-26-58)75-17-9-5-13-71(75)87(78,72-14-6-10-18-76(72)89)52-54-21-37-62(93)38-22-54/h3-50,77-80,92-95H,51-52H2,1-2H3. The Hall–Kier alpha value is -12.3.